The minimum Gasteiger partial charge on any atom is -0.497 e. The Morgan fingerprint density at radius 1 is 0.875 bits per heavy atom. The molecule has 0 radical (unpaired) electrons. The molecule has 0 amide bonds. The van der Waals surface area contributed by atoms with Gasteiger partial charge in [0, 0.05) is 29.8 Å². The summed E-state index contributed by atoms with van der Waals surface area (Å²) in [5, 5.41) is 0. The summed E-state index contributed by atoms with van der Waals surface area (Å²) in [5.41, 5.74) is 4.00. The number of ketones is 1. The highest BCUT2D eigenvalue weighted by Gasteiger charge is 2.32. The van der Waals surface area contributed by atoms with Crippen LogP contribution < -0.4 is 10.3 Å². The highest BCUT2D eigenvalue weighted by Crippen LogP contribution is 2.40. The Bertz CT molecular complexity index is 1050. The smallest absolute Gasteiger partial charge is 0.251 e. The van der Waals surface area contributed by atoms with Gasteiger partial charge in [0.05, 0.1) is 18.4 Å². The van der Waals surface area contributed by atoms with Gasteiger partial charge in [0.25, 0.3) is 5.56 Å². The predicted octanol–water partition coefficient (Wildman–Crippen LogP) is 3.27. The molecule has 1 heterocycles. The van der Waals surface area contributed by atoms with Gasteiger partial charge in [-0.15, -0.1) is 0 Å². The molecule has 1 aromatic heterocycles. The molecule has 0 saturated heterocycles. The zero-order valence-electron chi connectivity index (χ0n) is 13.4. The van der Waals surface area contributed by atoms with Crippen molar-refractivity contribution in [2.24, 2.45) is 7.05 Å². The van der Waals surface area contributed by atoms with E-state index >= 15 is 0 Å². The van der Waals surface area contributed by atoms with E-state index in [2.05, 4.69) is 0 Å². The number of carbonyl (C=O) groups excluding carboxylic acids is 1. The molecule has 0 N–H and O–H groups in total. The fourth-order valence-electron chi connectivity index (χ4n) is 3.28. The summed E-state index contributed by atoms with van der Waals surface area (Å²) in [7, 11) is 3.29. The van der Waals surface area contributed by atoms with Crippen LogP contribution in [-0.2, 0) is 7.05 Å². The van der Waals surface area contributed by atoms with E-state index in [1.807, 2.05) is 42.5 Å². The van der Waals surface area contributed by atoms with Gasteiger partial charge in [0.2, 0.25) is 0 Å². The molecule has 0 unspecified atom stereocenters. The number of rotatable bonds is 2. The lowest BCUT2D eigenvalue weighted by Gasteiger charge is -2.12. The van der Waals surface area contributed by atoms with E-state index in [-0.39, 0.29) is 11.3 Å². The molecule has 0 spiro atoms. The molecule has 2 aromatic carbocycles. The molecule has 4 rings (SSSR count). The van der Waals surface area contributed by atoms with Crippen LogP contribution in [0, 0.1) is 0 Å². The molecule has 0 aliphatic heterocycles. The van der Waals surface area contributed by atoms with E-state index in [9.17, 15) is 9.59 Å². The first-order chi connectivity index (χ1) is 11.6. The monoisotopic (exact) mass is 317 g/mol. The van der Waals surface area contributed by atoms with Crippen LogP contribution in [0.1, 0.15) is 15.9 Å². The fourth-order valence-corrected chi connectivity index (χ4v) is 3.28. The molecule has 4 nitrogen and oxygen atoms in total. The summed E-state index contributed by atoms with van der Waals surface area (Å²) < 4.78 is 6.81. The normalized spacial score (nSPS) is 12.0. The van der Waals surface area contributed by atoms with Crippen LogP contribution in [0.4, 0.5) is 0 Å². The fraction of sp³-hybridized carbons (Fsp3) is 0.100. The van der Waals surface area contributed by atoms with Crippen LogP contribution >= 0.6 is 0 Å². The second-order valence-corrected chi connectivity index (χ2v) is 5.79. The van der Waals surface area contributed by atoms with Gasteiger partial charge < -0.3 is 9.30 Å². The summed E-state index contributed by atoms with van der Waals surface area (Å²) in [6.45, 7) is 0. The second-order valence-electron chi connectivity index (χ2n) is 5.79. The number of methoxy groups -OCH3 is 1. The number of aromatic nitrogens is 1. The van der Waals surface area contributed by atoms with E-state index in [0.29, 0.717) is 28.1 Å². The molecule has 3 aromatic rings. The molecule has 1 aliphatic rings. The summed E-state index contributed by atoms with van der Waals surface area (Å²) in [6.07, 6.45) is 0. The van der Waals surface area contributed by atoms with Crippen molar-refractivity contribution < 1.29 is 9.53 Å². The van der Waals surface area contributed by atoms with Gasteiger partial charge >= 0.3 is 0 Å². The minimum atomic E-state index is -0.143. The maximum absolute atomic E-state index is 13.0. The molecule has 0 saturated carbocycles. The van der Waals surface area contributed by atoms with Crippen molar-refractivity contribution in [1.82, 2.24) is 4.57 Å². The summed E-state index contributed by atoms with van der Waals surface area (Å²) in [5.74, 6) is 0.638. The Morgan fingerprint density at radius 3 is 2.38 bits per heavy atom. The Balaban J connectivity index is 2.08. The lowest BCUT2D eigenvalue weighted by atomic mass is 9.98. The van der Waals surface area contributed by atoms with Crippen LogP contribution in [0.2, 0.25) is 0 Å². The summed E-state index contributed by atoms with van der Waals surface area (Å²) >= 11 is 0. The Hall–Kier alpha value is -3.14. The van der Waals surface area contributed by atoms with Gasteiger partial charge in [-0.25, -0.2) is 0 Å². The number of pyridine rings is 1. The first-order valence-electron chi connectivity index (χ1n) is 7.64. The van der Waals surface area contributed by atoms with Gasteiger partial charge in [-0.2, -0.15) is 0 Å². The predicted molar refractivity (Wildman–Crippen MR) is 92.5 cm³/mol. The zero-order chi connectivity index (χ0) is 16.8. The van der Waals surface area contributed by atoms with Crippen molar-refractivity contribution >= 4 is 5.78 Å². The number of hydrogen-bond donors (Lipinski definition) is 0. The Labute approximate surface area is 139 Å². The van der Waals surface area contributed by atoms with E-state index < -0.39 is 0 Å². The number of nitrogens with zero attached hydrogens (tertiary/aromatic N) is 1. The van der Waals surface area contributed by atoms with Gasteiger partial charge in [-0.05, 0) is 17.7 Å². The molecular weight excluding hydrogens is 302 g/mol. The Kier molecular flexibility index (Phi) is 3.13. The van der Waals surface area contributed by atoms with E-state index in [1.165, 1.54) is 6.07 Å². The zero-order valence-corrected chi connectivity index (χ0v) is 13.4. The molecule has 1 aliphatic carbocycles. The van der Waals surface area contributed by atoms with Crippen LogP contribution in [0.25, 0.3) is 22.4 Å². The maximum atomic E-state index is 13.0. The first-order valence-corrected chi connectivity index (χ1v) is 7.64. The molecular formula is C20H15NO3. The Morgan fingerprint density at radius 2 is 1.62 bits per heavy atom. The van der Waals surface area contributed by atoms with E-state index in [0.717, 1.165) is 11.1 Å². The number of ether oxygens (including phenoxy) is 1. The van der Waals surface area contributed by atoms with Crippen molar-refractivity contribution in [3.05, 3.63) is 76.1 Å². The largest absolute Gasteiger partial charge is 0.497 e. The molecule has 0 fully saturated rings. The quantitative estimate of drug-likeness (QED) is 0.570. The van der Waals surface area contributed by atoms with Crippen molar-refractivity contribution in [3.63, 3.8) is 0 Å². The van der Waals surface area contributed by atoms with E-state index in [4.69, 9.17) is 4.74 Å². The van der Waals surface area contributed by atoms with Crippen LogP contribution in [0.3, 0.4) is 0 Å². The molecule has 4 heteroatoms. The van der Waals surface area contributed by atoms with Crippen LogP contribution in [0.15, 0.2) is 59.4 Å². The van der Waals surface area contributed by atoms with Gasteiger partial charge in [0.15, 0.2) is 5.78 Å². The topological polar surface area (TPSA) is 48.3 Å². The molecule has 24 heavy (non-hydrogen) atoms. The second kappa shape index (κ2) is 5.20. The van der Waals surface area contributed by atoms with Gasteiger partial charge in [-0.3, -0.25) is 9.59 Å². The summed E-state index contributed by atoms with van der Waals surface area (Å²) in [6, 6.07) is 16.3. The first kappa shape index (κ1) is 14.5. The maximum Gasteiger partial charge on any atom is 0.251 e. The molecule has 118 valence electrons. The average molecular weight is 317 g/mol. The highest BCUT2D eigenvalue weighted by molar-refractivity contribution is 6.24. The van der Waals surface area contributed by atoms with Gasteiger partial charge in [-0.1, -0.05) is 36.4 Å². The third-order valence-corrected chi connectivity index (χ3v) is 4.47. The molecule has 0 bridgehead atoms. The average Bonchev–Trinajstić information content (AvgIpc) is 2.92. The third-order valence-electron chi connectivity index (χ3n) is 4.47. The van der Waals surface area contributed by atoms with Gasteiger partial charge in [0.1, 0.15) is 5.75 Å². The minimum absolute atomic E-state index is 0.0472. The van der Waals surface area contributed by atoms with Crippen molar-refractivity contribution in [1.29, 1.82) is 0 Å². The number of benzene rings is 2. The van der Waals surface area contributed by atoms with Crippen molar-refractivity contribution in [2.45, 2.75) is 0 Å². The number of fused-ring (bicyclic) bond motifs is 3. The summed E-state index contributed by atoms with van der Waals surface area (Å²) in [4.78, 5) is 25.4. The van der Waals surface area contributed by atoms with Crippen LogP contribution in [-0.4, -0.2) is 17.5 Å². The third kappa shape index (κ3) is 1.93. The SMILES string of the molecule is COc1cccc(-c2cc(=O)n(C)c3c2C(=O)c2ccccc2-3)c1. The molecule has 0 atom stereocenters. The number of hydrogen-bond acceptors (Lipinski definition) is 3. The van der Waals surface area contributed by atoms with Crippen molar-refractivity contribution in [2.75, 3.05) is 7.11 Å². The lowest BCUT2D eigenvalue weighted by molar-refractivity contribution is 0.104. The highest BCUT2D eigenvalue weighted by atomic mass is 16.5. The standard InChI is InChI=1S/C20H15NO3/c1-21-17(22)11-16(12-6-5-7-13(10-12)24-2)18-19(21)14-8-3-4-9-15(14)20(18)23/h3-11H,1-2H3. The lowest BCUT2D eigenvalue weighted by Crippen LogP contribution is -2.19. The number of carbonyl (C=O) groups is 1. The van der Waals surface area contributed by atoms with Crippen LogP contribution in [0.5, 0.6) is 5.75 Å². The van der Waals surface area contributed by atoms with Crippen molar-refractivity contribution in [3.8, 4) is 28.1 Å². The van der Waals surface area contributed by atoms with E-state index in [1.54, 1.807) is 24.8 Å².